The van der Waals surface area contributed by atoms with Gasteiger partial charge >= 0.3 is 37.7 Å². The molecule has 0 bridgehead atoms. The van der Waals surface area contributed by atoms with Crippen LogP contribution in [-0.4, -0.2) is 13.2 Å². The van der Waals surface area contributed by atoms with E-state index in [4.69, 9.17) is 0 Å². The summed E-state index contributed by atoms with van der Waals surface area (Å²) < 4.78 is 22.8. The van der Waals surface area contributed by atoms with Crippen LogP contribution in [0.5, 0.6) is 0 Å². The molecule has 1 aromatic carbocycles. The van der Waals surface area contributed by atoms with Crippen molar-refractivity contribution < 1.29 is 46.1 Å². The standard InChI is InChI=1S/C10H12O2S.2Li/c1-10(2,3)13(11,12)9-7-5-4-6-8-9;;/h4-6H,1-3H3;;/q-2;2*+1. The predicted octanol–water partition coefficient (Wildman–Crippen LogP) is -4.13. The van der Waals surface area contributed by atoms with Crippen molar-refractivity contribution in [1.82, 2.24) is 0 Å². The SMILES string of the molecule is CC(C)(C)S(=O)(=O)c1[c-]ccc[c-]1.[Li+].[Li+]. The molecule has 1 aromatic rings. The van der Waals surface area contributed by atoms with Crippen molar-refractivity contribution in [2.75, 3.05) is 0 Å². The van der Waals surface area contributed by atoms with Crippen LogP contribution in [0.2, 0.25) is 0 Å². The third-order valence-electron chi connectivity index (χ3n) is 1.70. The molecule has 0 radical (unpaired) electrons. The Bertz CT molecular complexity index is 380. The Balaban J connectivity index is 0. The van der Waals surface area contributed by atoms with E-state index in [1.54, 1.807) is 39.0 Å². The fourth-order valence-electron chi connectivity index (χ4n) is 0.799. The van der Waals surface area contributed by atoms with Crippen LogP contribution in [0, 0.1) is 12.1 Å². The quantitative estimate of drug-likeness (QED) is 0.348. The Morgan fingerprint density at radius 1 is 1.07 bits per heavy atom. The molecule has 0 fully saturated rings. The Hall–Kier alpha value is 0.365. The van der Waals surface area contributed by atoms with Gasteiger partial charge < -0.3 is 12.1 Å². The van der Waals surface area contributed by atoms with Crippen molar-refractivity contribution in [3.05, 3.63) is 30.3 Å². The summed E-state index contributed by atoms with van der Waals surface area (Å²) in [6.07, 6.45) is 0. The molecule has 0 saturated heterocycles. The minimum Gasteiger partial charge on any atom is -0.340 e. The molecule has 1 rings (SSSR count). The molecular weight excluding hydrogens is 198 g/mol. The summed E-state index contributed by atoms with van der Waals surface area (Å²) in [6.45, 7) is 4.99. The third-order valence-corrected chi connectivity index (χ3v) is 4.08. The van der Waals surface area contributed by atoms with Crippen LogP contribution in [0.25, 0.3) is 0 Å². The molecule has 2 nitrogen and oxygen atoms in total. The predicted molar refractivity (Wildman–Crippen MR) is 51.1 cm³/mol. The van der Waals surface area contributed by atoms with Crippen LogP contribution in [0.4, 0.5) is 0 Å². The van der Waals surface area contributed by atoms with Gasteiger partial charge in [-0.3, -0.25) is 18.2 Å². The Kier molecular flexibility index (Phi) is 7.32. The summed E-state index contributed by atoms with van der Waals surface area (Å²) >= 11 is 0. The monoisotopic (exact) mass is 210 g/mol. The normalized spacial score (nSPS) is 11.1. The summed E-state index contributed by atoms with van der Waals surface area (Å²) in [5, 5.41) is 0. The number of hydrogen-bond acceptors (Lipinski definition) is 2. The molecule has 0 unspecified atom stereocenters. The maximum absolute atomic E-state index is 11.8. The summed E-state index contributed by atoms with van der Waals surface area (Å²) in [7, 11) is -3.29. The van der Waals surface area contributed by atoms with Crippen LogP contribution in [0.3, 0.4) is 0 Å². The van der Waals surface area contributed by atoms with Gasteiger partial charge in [-0.2, -0.15) is 4.90 Å². The molecule has 15 heavy (non-hydrogen) atoms. The number of rotatable bonds is 1. The van der Waals surface area contributed by atoms with E-state index in [-0.39, 0.29) is 42.6 Å². The maximum Gasteiger partial charge on any atom is 1.00 e. The average molecular weight is 210 g/mol. The molecule has 0 heterocycles. The van der Waals surface area contributed by atoms with E-state index in [1.807, 2.05) is 0 Å². The average Bonchev–Trinajstić information content (AvgIpc) is 2.04. The van der Waals surface area contributed by atoms with Crippen LogP contribution in [0.15, 0.2) is 23.1 Å². The van der Waals surface area contributed by atoms with Crippen molar-refractivity contribution in [3.8, 4) is 0 Å². The minimum absolute atomic E-state index is 0. The molecule has 5 heteroatoms. The third kappa shape index (κ3) is 4.02. The first-order valence-corrected chi connectivity index (χ1v) is 5.47. The smallest absolute Gasteiger partial charge is 0.340 e. The largest absolute Gasteiger partial charge is 1.00 e. The Labute approximate surface area is 116 Å². The Morgan fingerprint density at radius 3 is 1.80 bits per heavy atom. The number of sulfone groups is 1. The van der Waals surface area contributed by atoms with Gasteiger partial charge in [0, 0.05) is 0 Å². The minimum atomic E-state index is -3.29. The topological polar surface area (TPSA) is 34.1 Å². The summed E-state index contributed by atoms with van der Waals surface area (Å²) in [4.78, 5) is 0.141. The molecule has 0 atom stereocenters. The fourth-order valence-corrected chi connectivity index (χ4v) is 1.86. The molecule has 0 spiro atoms. The van der Waals surface area contributed by atoms with Gasteiger partial charge in [-0.1, -0.05) is 0 Å². The van der Waals surface area contributed by atoms with Gasteiger partial charge in [0.15, 0.2) is 0 Å². The van der Waals surface area contributed by atoms with E-state index >= 15 is 0 Å². The van der Waals surface area contributed by atoms with Crippen molar-refractivity contribution in [3.63, 3.8) is 0 Å². The van der Waals surface area contributed by atoms with Crippen molar-refractivity contribution >= 4 is 9.84 Å². The number of benzene rings is 1. The van der Waals surface area contributed by atoms with Crippen molar-refractivity contribution in [1.29, 1.82) is 0 Å². The number of hydrogen-bond donors (Lipinski definition) is 0. The van der Waals surface area contributed by atoms with Crippen LogP contribution < -0.4 is 37.7 Å². The molecule has 0 aliphatic rings. The van der Waals surface area contributed by atoms with Gasteiger partial charge in [-0.05, 0) is 20.8 Å². The van der Waals surface area contributed by atoms with Crippen LogP contribution in [0.1, 0.15) is 20.8 Å². The first-order chi connectivity index (χ1) is 5.86. The first kappa shape index (κ1) is 17.8. The maximum atomic E-state index is 11.8. The van der Waals surface area contributed by atoms with E-state index in [1.165, 1.54) is 0 Å². The zero-order chi connectivity index (χ0) is 10.1. The molecular formula is C10H12Li2O2S. The first-order valence-electron chi connectivity index (χ1n) is 3.99. The molecule has 0 aliphatic carbocycles. The van der Waals surface area contributed by atoms with Crippen molar-refractivity contribution in [2.24, 2.45) is 0 Å². The summed E-state index contributed by atoms with van der Waals surface area (Å²) in [5.74, 6) is 0. The molecule has 0 aliphatic heterocycles. The van der Waals surface area contributed by atoms with Crippen LogP contribution in [-0.2, 0) is 9.84 Å². The van der Waals surface area contributed by atoms with Gasteiger partial charge in [0.2, 0.25) is 0 Å². The zero-order valence-electron chi connectivity index (χ0n) is 9.96. The Morgan fingerprint density at radius 2 is 1.47 bits per heavy atom. The second kappa shape index (κ2) is 6.19. The zero-order valence-corrected chi connectivity index (χ0v) is 10.8. The molecule has 0 aromatic heterocycles. The summed E-state index contributed by atoms with van der Waals surface area (Å²) in [6, 6.07) is 10.2. The second-order valence-electron chi connectivity index (χ2n) is 3.76. The van der Waals surface area contributed by atoms with Gasteiger partial charge in [-0.15, -0.1) is 0 Å². The van der Waals surface area contributed by atoms with E-state index in [0.717, 1.165) is 0 Å². The van der Waals surface area contributed by atoms with E-state index in [2.05, 4.69) is 12.1 Å². The second-order valence-corrected chi connectivity index (χ2v) is 6.40. The van der Waals surface area contributed by atoms with Gasteiger partial charge in [0.1, 0.15) is 9.84 Å². The van der Waals surface area contributed by atoms with Gasteiger partial charge in [0.05, 0.1) is 4.75 Å². The molecule has 72 valence electrons. The summed E-state index contributed by atoms with van der Waals surface area (Å²) in [5.41, 5.74) is 0. The van der Waals surface area contributed by atoms with E-state index in [0.29, 0.717) is 0 Å². The van der Waals surface area contributed by atoms with Crippen LogP contribution >= 0.6 is 0 Å². The van der Waals surface area contributed by atoms with Gasteiger partial charge in [-0.25, -0.2) is 8.42 Å². The van der Waals surface area contributed by atoms with E-state index < -0.39 is 14.6 Å². The fraction of sp³-hybridized carbons (Fsp3) is 0.400. The molecule has 0 saturated carbocycles. The molecule has 0 N–H and O–H groups in total. The molecule has 0 amide bonds. The van der Waals surface area contributed by atoms with E-state index in [9.17, 15) is 8.42 Å². The van der Waals surface area contributed by atoms with Gasteiger partial charge in [0.25, 0.3) is 0 Å². The van der Waals surface area contributed by atoms with Crippen molar-refractivity contribution in [2.45, 2.75) is 30.4 Å².